The molecule has 2 N–H and O–H groups in total. The number of hydrogen-bond acceptors (Lipinski definition) is 3. The predicted molar refractivity (Wildman–Crippen MR) is 132 cm³/mol. The lowest BCUT2D eigenvalue weighted by Crippen LogP contribution is -2.39. The lowest BCUT2D eigenvalue weighted by atomic mass is 9.67. The summed E-state index contributed by atoms with van der Waals surface area (Å²) in [5, 5.41) is 6.49. The Labute approximate surface area is 193 Å². The summed E-state index contributed by atoms with van der Waals surface area (Å²) in [6.45, 7) is 16.8. The maximum Gasteiger partial charge on any atom is 0.223 e. The fourth-order valence-corrected chi connectivity index (χ4v) is 5.90. The van der Waals surface area contributed by atoms with Gasteiger partial charge in [0.15, 0.2) is 0 Å². The first-order chi connectivity index (χ1) is 14.5. The number of rotatable bonds is 8. The molecule has 4 heteroatoms. The van der Waals surface area contributed by atoms with E-state index in [0.29, 0.717) is 11.7 Å². The second-order valence-electron chi connectivity index (χ2n) is 11.7. The molecular weight excluding hydrogens is 384 g/mol. The highest BCUT2D eigenvalue weighted by Crippen LogP contribution is 2.40. The van der Waals surface area contributed by atoms with E-state index in [1.807, 2.05) is 20.9 Å². The Kier molecular flexibility index (Phi) is 11.8. The summed E-state index contributed by atoms with van der Waals surface area (Å²) in [6, 6.07) is 0. The van der Waals surface area contributed by atoms with Crippen molar-refractivity contribution in [2.24, 2.45) is 34.5 Å². The minimum absolute atomic E-state index is 0.173. The number of carbonyl (C=O) groups excluding carboxylic acids is 2. The van der Waals surface area contributed by atoms with Crippen LogP contribution in [0.2, 0.25) is 0 Å². The highest BCUT2D eigenvalue weighted by molar-refractivity contribution is 5.86. The molecule has 0 aromatic carbocycles. The Morgan fingerprint density at radius 1 is 0.742 bits per heavy atom. The number of carbonyl (C=O) groups is 2. The molecule has 0 bridgehead atoms. The van der Waals surface area contributed by atoms with Gasteiger partial charge in [0.25, 0.3) is 0 Å². The van der Waals surface area contributed by atoms with Gasteiger partial charge in [0.1, 0.15) is 5.78 Å². The first-order valence-electron chi connectivity index (χ1n) is 13.0. The van der Waals surface area contributed by atoms with Gasteiger partial charge in [-0.25, -0.2) is 0 Å². The van der Waals surface area contributed by atoms with Gasteiger partial charge >= 0.3 is 0 Å². The molecule has 31 heavy (non-hydrogen) atoms. The van der Waals surface area contributed by atoms with Gasteiger partial charge in [-0.2, -0.15) is 0 Å². The first-order valence-corrected chi connectivity index (χ1v) is 13.0. The molecule has 0 atom stereocenters. The van der Waals surface area contributed by atoms with E-state index in [2.05, 4.69) is 45.3 Å². The third-order valence-corrected chi connectivity index (χ3v) is 7.13. The molecule has 0 radical (unpaired) electrons. The molecular formula is C27H52N2O2. The van der Waals surface area contributed by atoms with Gasteiger partial charge in [0.05, 0.1) is 0 Å². The highest BCUT2D eigenvalue weighted by atomic mass is 16.2. The second-order valence-corrected chi connectivity index (χ2v) is 11.7. The fourth-order valence-electron chi connectivity index (χ4n) is 5.90. The van der Waals surface area contributed by atoms with E-state index in [0.717, 1.165) is 76.8 Å². The van der Waals surface area contributed by atoms with Crippen molar-refractivity contribution in [1.82, 2.24) is 10.6 Å². The molecule has 0 unspecified atom stereocenters. The fraction of sp³-hybridized carbons (Fsp3) is 0.926. The van der Waals surface area contributed by atoms with Crippen molar-refractivity contribution in [2.75, 3.05) is 20.1 Å². The highest BCUT2D eigenvalue weighted by Gasteiger charge is 2.38. The summed E-state index contributed by atoms with van der Waals surface area (Å²) in [5.41, 5.74) is -0.0665. The second kappa shape index (κ2) is 13.0. The Morgan fingerprint density at radius 3 is 1.65 bits per heavy atom. The van der Waals surface area contributed by atoms with Crippen molar-refractivity contribution < 1.29 is 9.59 Å². The van der Waals surface area contributed by atoms with Crippen LogP contribution < -0.4 is 10.6 Å². The van der Waals surface area contributed by atoms with E-state index in [4.69, 9.17) is 0 Å². The molecule has 0 heterocycles. The zero-order valence-corrected chi connectivity index (χ0v) is 21.9. The summed E-state index contributed by atoms with van der Waals surface area (Å²) in [7, 11) is 2.01. The number of amides is 1. The Balaban J connectivity index is 0.00000233. The van der Waals surface area contributed by atoms with Gasteiger partial charge in [0.2, 0.25) is 5.91 Å². The van der Waals surface area contributed by atoms with Crippen LogP contribution in [0, 0.1) is 34.5 Å². The predicted octanol–water partition coefficient (Wildman–Crippen LogP) is 5.99. The standard InChI is InChI=1S/C25H46N2O2.C2H6/c1-24(2,3)17-25(4,5)22(28)20-11-7-19(8-12-20)16-27-23(29)21-13-9-18(10-14-21)15-26-6;1-2/h18-21,26H,7-17H2,1-6H3,(H,27,29);1-2H3. The summed E-state index contributed by atoms with van der Waals surface area (Å²) in [6.07, 6.45) is 9.43. The first kappa shape index (κ1) is 28.1. The van der Waals surface area contributed by atoms with Crippen LogP contribution in [0.15, 0.2) is 0 Å². The van der Waals surface area contributed by atoms with E-state index < -0.39 is 0 Å². The van der Waals surface area contributed by atoms with Crippen molar-refractivity contribution in [3.8, 4) is 0 Å². The van der Waals surface area contributed by atoms with Crippen LogP contribution in [0.5, 0.6) is 0 Å². The molecule has 0 aliphatic heterocycles. The smallest absolute Gasteiger partial charge is 0.223 e. The van der Waals surface area contributed by atoms with Crippen LogP contribution in [0.3, 0.4) is 0 Å². The maximum absolute atomic E-state index is 13.1. The minimum atomic E-state index is -0.240. The molecule has 4 nitrogen and oxygen atoms in total. The summed E-state index contributed by atoms with van der Waals surface area (Å²) in [4.78, 5) is 25.6. The number of ketones is 1. The van der Waals surface area contributed by atoms with E-state index >= 15 is 0 Å². The van der Waals surface area contributed by atoms with Crippen LogP contribution in [-0.2, 0) is 9.59 Å². The summed E-state index contributed by atoms with van der Waals surface area (Å²) >= 11 is 0. The molecule has 2 aliphatic rings. The van der Waals surface area contributed by atoms with Gasteiger partial charge < -0.3 is 10.6 Å². The zero-order valence-electron chi connectivity index (χ0n) is 21.9. The third kappa shape index (κ3) is 9.63. The van der Waals surface area contributed by atoms with Crippen molar-refractivity contribution >= 4 is 11.7 Å². The van der Waals surface area contributed by atoms with E-state index in [9.17, 15) is 9.59 Å². The quantitative estimate of drug-likeness (QED) is 0.491. The number of hydrogen-bond donors (Lipinski definition) is 2. The molecule has 0 spiro atoms. The number of Topliss-reactive ketones (excluding diaryl/α,β-unsaturated/α-hetero) is 1. The van der Waals surface area contributed by atoms with Crippen molar-refractivity contribution in [1.29, 1.82) is 0 Å². The summed E-state index contributed by atoms with van der Waals surface area (Å²) in [5.74, 6) is 2.40. The Bertz CT molecular complexity index is 534. The molecule has 2 fully saturated rings. The van der Waals surface area contributed by atoms with Crippen molar-refractivity contribution in [3.63, 3.8) is 0 Å². The molecule has 0 aromatic heterocycles. The molecule has 2 saturated carbocycles. The molecule has 1 amide bonds. The van der Waals surface area contributed by atoms with Gasteiger partial charge in [-0.3, -0.25) is 9.59 Å². The third-order valence-electron chi connectivity index (χ3n) is 7.13. The minimum Gasteiger partial charge on any atom is -0.356 e. The van der Waals surface area contributed by atoms with Crippen LogP contribution in [0.4, 0.5) is 0 Å². The molecule has 2 rings (SSSR count). The topological polar surface area (TPSA) is 58.2 Å². The normalized spacial score (nSPS) is 27.1. The molecule has 0 saturated heterocycles. The monoisotopic (exact) mass is 436 g/mol. The average molecular weight is 437 g/mol. The van der Waals surface area contributed by atoms with Gasteiger partial charge in [0, 0.05) is 23.8 Å². The van der Waals surface area contributed by atoms with E-state index in [1.54, 1.807) is 0 Å². The zero-order chi connectivity index (χ0) is 23.7. The van der Waals surface area contributed by atoms with Gasteiger partial charge in [-0.15, -0.1) is 0 Å². The van der Waals surface area contributed by atoms with Crippen LogP contribution in [-0.4, -0.2) is 31.8 Å². The molecule has 182 valence electrons. The number of nitrogens with one attached hydrogen (secondary N) is 2. The molecule has 0 aromatic rings. The summed E-state index contributed by atoms with van der Waals surface area (Å²) < 4.78 is 0. The van der Waals surface area contributed by atoms with Crippen molar-refractivity contribution in [3.05, 3.63) is 0 Å². The SMILES string of the molecule is CC.CNCC1CCC(C(=O)NCC2CCC(C(=O)C(C)(C)CC(C)(C)C)CC2)CC1. The van der Waals surface area contributed by atoms with Gasteiger partial charge in [-0.1, -0.05) is 48.5 Å². The van der Waals surface area contributed by atoms with Crippen LogP contribution in [0.1, 0.15) is 106 Å². The van der Waals surface area contributed by atoms with Crippen molar-refractivity contribution in [2.45, 2.75) is 106 Å². The average Bonchev–Trinajstić information content (AvgIpc) is 2.72. The van der Waals surface area contributed by atoms with Gasteiger partial charge in [-0.05, 0) is 88.6 Å². The maximum atomic E-state index is 13.1. The van der Waals surface area contributed by atoms with E-state index in [-0.39, 0.29) is 28.6 Å². The van der Waals surface area contributed by atoms with Crippen LogP contribution in [0.25, 0.3) is 0 Å². The molecule has 2 aliphatic carbocycles. The van der Waals surface area contributed by atoms with Crippen LogP contribution >= 0.6 is 0 Å². The van der Waals surface area contributed by atoms with E-state index in [1.165, 1.54) is 0 Å². The lowest BCUT2D eigenvalue weighted by molar-refractivity contribution is -0.134. The lowest BCUT2D eigenvalue weighted by Gasteiger charge is -2.36. The Hall–Kier alpha value is -0.900. The largest absolute Gasteiger partial charge is 0.356 e. The Morgan fingerprint density at radius 2 is 1.19 bits per heavy atom.